The second-order valence-electron chi connectivity index (χ2n) is 3.60. The zero-order valence-electron chi connectivity index (χ0n) is 9.56. The molecule has 1 amide bonds. The van der Waals surface area contributed by atoms with Gasteiger partial charge in [-0.15, -0.1) is 11.3 Å². The number of rotatable bonds is 5. The molecule has 18 heavy (non-hydrogen) atoms. The van der Waals surface area contributed by atoms with Gasteiger partial charge in [0.25, 0.3) is 0 Å². The summed E-state index contributed by atoms with van der Waals surface area (Å²) in [4.78, 5) is 12.8. The first kappa shape index (κ1) is 13.4. The van der Waals surface area contributed by atoms with Gasteiger partial charge in [-0.25, -0.2) is 0 Å². The van der Waals surface area contributed by atoms with Crippen molar-refractivity contribution in [2.75, 3.05) is 6.54 Å². The van der Waals surface area contributed by atoms with Gasteiger partial charge in [0.1, 0.15) is 5.76 Å². The van der Waals surface area contributed by atoms with Crippen LogP contribution in [0.3, 0.4) is 0 Å². The molecule has 2 heterocycles. The van der Waals surface area contributed by atoms with Crippen molar-refractivity contribution in [1.82, 2.24) is 5.32 Å². The van der Waals surface area contributed by atoms with E-state index in [2.05, 4.69) is 34.0 Å². The molecule has 5 heteroatoms. The molecule has 0 spiro atoms. The molecule has 0 aromatic carbocycles. The molecule has 1 N–H and O–H groups in total. The molecule has 0 aliphatic heterocycles. The van der Waals surface area contributed by atoms with Gasteiger partial charge >= 0.3 is 0 Å². The summed E-state index contributed by atoms with van der Waals surface area (Å²) in [6, 6.07) is 7.77. The Morgan fingerprint density at radius 3 is 3.00 bits per heavy atom. The number of carbonyl (C=O) groups is 1. The number of thiophene rings is 1. The topological polar surface area (TPSA) is 42.2 Å². The smallest absolute Gasteiger partial charge is 0.244 e. The molecule has 0 bridgehead atoms. The zero-order valence-corrected chi connectivity index (χ0v) is 12.5. The zero-order chi connectivity index (χ0) is 12.8. The van der Waals surface area contributed by atoms with Crippen LogP contribution in [0.4, 0.5) is 0 Å². The van der Waals surface area contributed by atoms with Gasteiger partial charge in [-0.1, -0.05) is 6.07 Å². The predicted molar refractivity (Wildman–Crippen MR) is 81.5 cm³/mol. The molecular weight excluding hydrogens is 361 g/mol. The number of halogens is 1. The number of hydrogen-bond acceptors (Lipinski definition) is 3. The third kappa shape index (κ3) is 4.30. The molecule has 94 valence electrons. The summed E-state index contributed by atoms with van der Waals surface area (Å²) in [5, 5.41) is 4.87. The first-order chi connectivity index (χ1) is 8.74. The van der Waals surface area contributed by atoms with E-state index in [0.717, 1.165) is 10.2 Å². The Bertz CT molecular complexity index is 531. The van der Waals surface area contributed by atoms with Crippen LogP contribution < -0.4 is 5.32 Å². The minimum atomic E-state index is -0.0991. The highest BCUT2D eigenvalue weighted by Crippen LogP contribution is 2.11. The summed E-state index contributed by atoms with van der Waals surface area (Å²) in [6.07, 6.45) is 4.03. The maximum atomic E-state index is 11.5. The van der Waals surface area contributed by atoms with Crippen LogP contribution in [-0.4, -0.2) is 12.5 Å². The lowest BCUT2D eigenvalue weighted by molar-refractivity contribution is -0.116. The molecule has 2 aromatic heterocycles. The minimum absolute atomic E-state index is 0.0991. The highest BCUT2D eigenvalue weighted by Gasteiger charge is 1.98. The van der Waals surface area contributed by atoms with Crippen LogP contribution in [0.2, 0.25) is 0 Å². The molecule has 3 nitrogen and oxygen atoms in total. The van der Waals surface area contributed by atoms with Gasteiger partial charge in [0.05, 0.1) is 0 Å². The van der Waals surface area contributed by atoms with E-state index in [1.807, 2.05) is 23.6 Å². The lowest BCUT2D eigenvalue weighted by atomic mass is 10.3. The van der Waals surface area contributed by atoms with E-state index in [4.69, 9.17) is 4.42 Å². The van der Waals surface area contributed by atoms with E-state index in [0.29, 0.717) is 12.3 Å². The highest BCUT2D eigenvalue weighted by molar-refractivity contribution is 14.1. The molecule has 0 unspecified atom stereocenters. The Morgan fingerprint density at radius 2 is 2.33 bits per heavy atom. The summed E-state index contributed by atoms with van der Waals surface area (Å²) >= 11 is 3.79. The van der Waals surface area contributed by atoms with E-state index >= 15 is 0 Å². The van der Waals surface area contributed by atoms with Gasteiger partial charge in [0.15, 0.2) is 3.77 Å². The van der Waals surface area contributed by atoms with E-state index in [-0.39, 0.29) is 5.91 Å². The maximum Gasteiger partial charge on any atom is 0.244 e. The standard InChI is InChI=1S/C13H12INO2S/c14-12-5-3-10(17-12)4-6-13(16)15-8-7-11-2-1-9-18-11/h1-6,9H,7-8H2,(H,15,16)/b6-4+. The molecule has 2 aromatic rings. The molecule has 0 aliphatic carbocycles. The minimum Gasteiger partial charge on any atom is -0.451 e. The fourth-order valence-corrected chi connectivity index (χ4v) is 2.54. The molecule has 0 atom stereocenters. The average Bonchev–Trinajstić information content (AvgIpc) is 2.98. The number of carbonyl (C=O) groups excluding carboxylic acids is 1. The molecule has 0 saturated heterocycles. The Hall–Kier alpha value is -1.08. The SMILES string of the molecule is O=C(/C=C/c1ccc(I)o1)NCCc1cccs1. The quantitative estimate of drug-likeness (QED) is 0.646. The van der Waals surface area contributed by atoms with Gasteiger partial charge in [-0.05, 0) is 58.7 Å². The van der Waals surface area contributed by atoms with Crippen LogP contribution in [0.1, 0.15) is 10.6 Å². The number of amides is 1. The summed E-state index contributed by atoms with van der Waals surface area (Å²) in [5.74, 6) is 0.589. The molecule has 0 saturated carbocycles. The summed E-state index contributed by atoms with van der Waals surface area (Å²) < 4.78 is 6.13. The molecule has 0 aliphatic rings. The molecule has 0 radical (unpaired) electrons. The number of hydrogen-bond donors (Lipinski definition) is 1. The van der Waals surface area contributed by atoms with E-state index < -0.39 is 0 Å². The third-order valence-corrected chi connectivity index (χ3v) is 3.76. The fraction of sp³-hybridized carbons (Fsp3) is 0.154. The monoisotopic (exact) mass is 373 g/mol. The van der Waals surface area contributed by atoms with Crippen molar-refractivity contribution >= 4 is 45.9 Å². The fourth-order valence-electron chi connectivity index (χ4n) is 1.40. The summed E-state index contributed by atoms with van der Waals surface area (Å²) in [6.45, 7) is 0.652. The van der Waals surface area contributed by atoms with E-state index in [1.54, 1.807) is 17.4 Å². The van der Waals surface area contributed by atoms with Crippen molar-refractivity contribution in [3.8, 4) is 0 Å². The van der Waals surface area contributed by atoms with Crippen molar-refractivity contribution in [2.45, 2.75) is 6.42 Å². The molecule has 2 rings (SSSR count). The maximum absolute atomic E-state index is 11.5. The second kappa shape index (κ2) is 6.75. The second-order valence-corrected chi connectivity index (χ2v) is 5.69. The van der Waals surface area contributed by atoms with Crippen LogP contribution in [-0.2, 0) is 11.2 Å². The van der Waals surface area contributed by atoms with Crippen molar-refractivity contribution in [1.29, 1.82) is 0 Å². The lowest BCUT2D eigenvalue weighted by Crippen LogP contribution is -2.23. The lowest BCUT2D eigenvalue weighted by Gasteiger charge is -1.99. The van der Waals surface area contributed by atoms with E-state index in [1.165, 1.54) is 11.0 Å². The Balaban J connectivity index is 1.73. The Labute approximate surface area is 123 Å². The van der Waals surface area contributed by atoms with Crippen LogP contribution in [0.15, 0.2) is 40.1 Å². The normalized spacial score (nSPS) is 10.9. The summed E-state index contributed by atoms with van der Waals surface area (Å²) in [5.41, 5.74) is 0. The van der Waals surface area contributed by atoms with Gasteiger partial charge in [-0.2, -0.15) is 0 Å². The third-order valence-electron chi connectivity index (χ3n) is 2.24. The largest absolute Gasteiger partial charge is 0.451 e. The first-order valence-electron chi connectivity index (χ1n) is 5.47. The van der Waals surface area contributed by atoms with Crippen molar-refractivity contribution in [3.63, 3.8) is 0 Å². The van der Waals surface area contributed by atoms with E-state index in [9.17, 15) is 4.79 Å². The number of nitrogens with one attached hydrogen (secondary N) is 1. The van der Waals surface area contributed by atoms with Gasteiger partial charge in [0.2, 0.25) is 5.91 Å². The predicted octanol–water partition coefficient (Wildman–Crippen LogP) is 3.32. The Kier molecular flexibility index (Phi) is 5.00. The van der Waals surface area contributed by atoms with Crippen LogP contribution >= 0.6 is 33.9 Å². The summed E-state index contributed by atoms with van der Waals surface area (Å²) in [7, 11) is 0. The van der Waals surface area contributed by atoms with Gasteiger partial charge < -0.3 is 9.73 Å². The van der Waals surface area contributed by atoms with Crippen molar-refractivity contribution in [2.24, 2.45) is 0 Å². The van der Waals surface area contributed by atoms with Crippen LogP contribution in [0, 0.1) is 3.77 Å². The first-order valence-corrected chi connectivity index (χ1v) is 7.43. The Morgan fingerprint density at radius 1 is 1.44 bits per heavy atom. The van der Waals surface area contributed by atoms with Crippen molar-refractivity contribution < 1.29 is 9.21 Å². The molecule has 0 fully saturated rings. The van der Waals surface area contributed by atoms with Crippen LogP contribution in [0.5, 0.6) is 0 Å². The van der Waals surface area contributed by atoms with Gasteiger partial charge in [-0.3, -0.25) is 4.79 Å². The number of furan rings is 1. The van der Waals surface area contributed by atoms with Gasteiger partial charge in [0, 0.05) is 17.5 Å². The highest BCUT2D eigenvalue weighted by atomic mass is 127. The van der Waals surface area contributed by atoms with Crippen LogP contribution in [0.25, 0.3) is 6.08 Å². The average molecular weight is 373 g/mol. The van der Waals surface area contributed by atoms with Crippen molar-refractivity contribution in [3.05, 3.63) is 50.1 Å². The molecular formula is C13H12INO2S.